The minimum absolute atomic E-state index is 0.240. The highest BCUT2D eigenvalue weighted by atomic mass is 32.2. The Balaban J connectivity index is 2.29. The summed E-state index contributed by atoms with van der Waals surface area (Å²) < 4.78 is 32.9. The molecule has 0 amide bonds. The van der Waals surface area contributed by atoms with Gasteiger partial charge in [-0.15, -0.1) is 0 Å². The quantitative estimate of drug-likeness (QED) is 0.868. The zero-order valence-electron chi connectivity index (χ0n) is 12.0. The molecule has 1 saturated carbocycles. The van der Waals surface area contributed by atoms with E-state index in [1.165, 1.54) is 0 Å². The number of sulfonamides is 1. The van der Waals surface area contributed by atoms with E-state index in [0.717, 1.165) is 25.7 Å². The van der Waals surface area contributed by atoms with Crippen molar-refractivity contribution in [3.63, 3.8) is 0 Å². The van der Waals surface area contributed by atoms with Gasteiger partial charge >= 0.3 is 0 Å². The second-order valence-electron chi connectivity index (χ2n) is 5.55. The van der Waals surface area contributed by atoms with Crippen LogP contribution in [0.3, 0.4) is 0 Å². The van der Waals surface area contributed by atoms with Crippen molar-refractivity contribution in [1.82, 2.24) is 4.72 Å². The Morgan fingerprint density at radius 2 is 2.00 bits per heavy atom. The molecule has 0 atom stereocenters. The summed E-state index contributed by atoms with van der Waals surface area (Å²) >= 11 is 0. The summed E-state index contributed by atoms with van der Waals surface area (Å²) in [7, 11) is -1.98. The van der Waals surface area contributed by atoms with Gasteiger partial charge in [0.05, 0.1) is 12.0 Å². The summed E-state index contributed by atoms with van der Waals surface area (Å²) in [4.78, 5) is 0.242. The number of nitrogens with one attached hydrogen (secondary N) is 1. The van der Waals surface area contributed by atoms with Crippen LogP contribution in [0.2, 0.25) is 0 Å². The van der Waals surface area contributed by atoms with Crippen molar-refractivity contribution in [3.05, 3.63) is 23.8 Å². The highest BCUT2D eigenvalue weighted by Gasteiger charge is 2.33. The van der Waals surface area contributed by atoms with Crippen LogP contribution in [0, 0.1) is 0 Å². The standard InChI is InChI=1S/C14H22N2O3S/c1-14(7-3-4-8-14)16-20(17,18)12-5-6-13(19-2)11(9-12)10-15/h5-6,9,16H,3-4,7-8,10,15H2,1-2H3. The Hall–Kier alpha value is -1.11. The van der Waals surface area contributed by atoms with Crippen LogP contribution >= 0.6 is 0 Å². The van der Waals surface area contributed by atoms with Gasteiger partial charge in [0.15, 0.2) is 0 Å². The molecule has 0 radical (unpaired) electrons. The van der Waals surface area contributed by atoms with Gasteiger partial charge in [0, 0.05) is 17.6 Å². The number of ether oxygens (including phenoxy) is 1. The molecule has 1 aliphatic rings. The summed E-state index contributed by atoms with van der Waals surface area (Å²) in [6.07, 6.45) is 3.89. The molecule has 1 aliphatic carbocycles. The zero-order chi connectivity index (χ0) is 14.8. The molecule has 0 aromatic heterocycles. The lowest BCUT2D eigenvalue weighted by Gasteiger charge is -2.25. The zero-order valence-corrected chi connectivity index (χ0v) is 12.8. The van der Waals surface area contributed by atoms with E-state index < -0.39 is 10.0 Å². The van der Waals surface area contributed by atoms with Gasteiger partial charge in [-0.25, -0.2) is 13.1 Å². The van der Waals surface area contributed by atoms with E-state index in [1.807, 2.05) is 6.92 Å². The topological polar surface area (TPSA) is 81.4 Å². The number of hydrogen-bond acceptors (Lipinski definition) is 4. The smallest absolute Gasteiger partial charge is 0.241 e. The second kappa shape index (κ2) is 5.71. The minimum Gasteiger partial charge on any atom is -0.496 e. The van der Waals surface area contributed by atoms with Crippen molar-refractivity contribution in [2.24, 2.45) is 5.73 Å². The first kappa shape index (κ1) is 15.3. The van der Waals surface area contributed by atoms with E-state index >= 15 is 0 Å². The molecule has 0 saturated heterocycles. The third-order valence-corrected chi connectivity index (χ3v) is 5.51. The van der Waals surface area contributed by atoms with E-state index in [4.69, 9.17) is 10.5 Å². The van der Waals surface area contributed by atoms with Crippen LogP contribution in [-0.2, 0) is 16.6 Å². The number of benzene rings is 1. The van der Waals surface area contributed by atoms with Gasteiger partial charge < -0.3 is 10.5 Å². The van der Waals surface area contributed by atoms with Gasteiger partial charge in [-0.05, 0) is 38.0 Å². The molecule has 0 heterocycles. The number of hydrogen-bond donors (Lipinski definition) is 2. The lowest BCUT2D eigenvalue weighted by Crippen LogP contribution is -2.43. The molecule has 6 heteroatoms. The van der Waals surface area contributed by atoms with E-state index in [9.17, 15) is 8.42 Å². The fourth-order valence-electron chi connectivity index (χ4n) is 2.72. The van der Waals surface area contributed by atoms with Gasteiger partial charge in [-0.1, -0.05) is 12.8 Å². The molecular formula is C14H22N2O3S. The van der Waals surface area contributed by atoms with Crippen LogP contribution in [0.25, 0.3) is 0 Å². The maximum absolute atomic E-state index is 12.5. The fourth-order valence-corrected chi connectivity index (χ4v) is 4.24. The van der Waals surface area contributed by atoms with E-state index in [0.29, 0.717) is 11.3 Å². The first-order valence-electron chi connectivity index (χ1n) is 6.81. The molecule has 1 fully saturated rings. The molecule has 3 N–H and O–H groups in total. The number of nitrogens with two attached hydrogens (primary N) is 1. The van der Waals surface area contributed by atoms with Crippen LogP contribution < -0.4 is 15.2 Å². The molecule has 0 spiro atoms. The lowest BCUT2D eigenvalue weighted by molar-refractivity contribution is 0.409. The molecule has 5 nitrogen and oxygen atoms in total. The highest BCUT2D eigenvalue weighted by Crippen LogP contribution is 2.31. The molecule has 0 bridgehead atoms. The Labute approximate surface area is 120 Å². The fraction of sp³-hybridized carbons (Fsp3) is 0.571. The summed E-state index contributed by atoms with van der Waals surface area (Å²) in [6, 6.07) is 4.78. The maximum atomic E-state index is 12.5. The van der Waals surface area contributed by atoms with Crippen LogP contribution in [-0.4, -0.2) is 21.1 Å². The highest BCUT2D eigenvalue weighted by molar-refractivity contribution is 7.89. The minimum atomic E-state index is -3.52. The second-order valence-corrected chi connectivity index (χ2v) is 7.23. The number of rotatable bonds is 5. The molecule has 112 valence electrons. The molecule has 1 aromatic rings. The third-order valence-electron chi connectivity index (χ3n) is 3.87. The Bertz CT molecular complexity index is 578. The predicted octanol–water partition coefficient (Wildman–Crippen LogP) is 1.76. The first-order valence-corrected chi connectivity index (χ1v) is 8.29. The monoisotopic (exact) mass is 298 g/mol. The van der Waals surface area contributed by atoms with E-state index in [-0.39, 0.29) is 17.0 Å². The van der Waals surface area contributed by atoms with E-state index in [2.05, 4.69) is 4.72 Å². The van der Waals surface area contributed by atoms with Crippen LogP contribution in [0.1, 0.15) is 38.2 Å². The first-order chi connectivity index (χ1) is 9.40. The summed E-state index contributed by atoms with van der Waals surface area (Å²) in [6.45, 7) is 2.20. The average Bonchev–Trinajstić information content (AvgIpc) is 2.83. The van der Waals surface area contributed by atoms with Gasteiger partial charge in [-0.3, -0.25) is 0 Å². The number of methoxy groups -OCH3 is 1. The van der Waals surface area contributed by atoms with E-state index in [1.54, 1.807) is 25.3 Å². The third kappa shape index (κ3) is 3.13. The SMILES string of the molecule is COc1ccc(S(=O)(=O)NC2(C)CCCC2)cc1CN. The maximum Gasteiger partial charge on any atom is 0.241 e. The van der Waals surface area contributed by atoms with Crippen molar-refractivity contribution in [2.45, 2.75) is 49.6 Å². The van der Waals surface area contributed by atoms with Crippen molar-refractivity contribution in [1.29, 1.82) is 0 Å². The lowest BCUT2D eigenvalue weighted by atomic mass is 10.0. The van der Waals surface area contributed by atoms with Crippen molar-refractivity contribution < 1.29 is 13.2 Å². The van der Waals surface area contributed by atoms with Gasteiger partial charge in [0.1, 0.15) is 5.75 Å². The summed E-state index contributed by atoms with van der Waals surface area (Å²) in [5, 5.41) is 0. The molecule has 20 heavy (non-hydrogen) atoms. The van der Waals surface area contributed by atoms with Crippen LogP contribution in [0.15, 0.2) is 23.1 Å². The molecule has 0 unspecified atom stereocenters. The Morgan fingerprint density at radius 3 is 2.55 bits per heavy atom. The molecule has 2 rings (SSSR count). The van der Waals surface area contributed by atoms with Crippen molar-refractivity contribution in [2.75, 3.05) is 7.11 Å². The van der Waals surface area contributed by atoms with Crippen molar-refractivity contribution in [3.8, 4) is 5.75 Å². The van der Waals surface area contributed by atoms with Gasteiger partial charge in [-0.2, -0.15) is 0 Å². The largest absolute Gasteiger partial charge is 0.496 e. The normalized spacial score (nSPS) is 18.1. The predicted molar refractivity (Wildman–Crippen MR) is 78.1 cm³/mol. The van der Waals surface area contributed by atoms with Crippen molar-refractivity contribution >= 4 is 10.0 Å². The summed E-state index contributed by atoms with van der Waals surface area (Å²) in [5.41, 5.74) is 5.99. The van der Waals surface area contributed by atoms with Gasteiger partial charge in [0.2, 0.25) is 10.0 Å². The van der Waals surface area contributed by atoms with Crippen LogP contribution in [0.4, 0.5) is 0 Å². The van der Waals surface area contributed by atoms with Gasteiger partial charge in [0.25, 0.3) is 0 Å². The summed E-state index contributed by atoms with van der Waals surface area (Å²) in [5.74, 6) is 0.610. The van der Waals surface area contributed by atoms with Crippen LogP contribution in [0.5, 0.6) is 5.75 Å². The molecule has 1 aromatic carbocycles. The Kier molecular flexibility index (Phi) is 4.36. The molecular weight excluding hydrogens is 276 g/mol. The average molecular weight is 298 g/mol. The molecule has 0 aliphatic heterocycles. The Morgan fingerprint density at radius 1 is 1.35 bits per heavy atom.